The number of hydrogen-bond donors (Lipinski definition) is 1. The molecule has 1 N–H and O–H groups in total. The molecule has 0 aromatic carbocycles. The standard InChI is InChI=1S/C10H14N6O/c1-7(9-11-4-5-15(9)2)12-10(17)8-6-16(3)14-13-8/h4-7H,1-3H3,(H,12,17). The van der Waals surface area contributed by atoms with Gasteiger partial charge in [-0.15, -0.1) is 5.10 Å². The molecule has 2 rings (SSSR count). The lowest BCUT2D eigenvalue weighted by Crippen LogP contribution is -2.28. The molecule has 2 heterocycles. The molecule has 0 fully saturated rings. The minimum absolute atomic E-state index is 0.176. The topological polar surface area (TPSA) is 77.6 Å². The summed E-state index contributed by atoms with van der Waals surface area (Å²) >= 11 is 0. The van der Waals surface area contributed by atoms with Crippen LogP contribution >= 0.6 is 0 Å². The first-order valence-electron chi connectivity index (χ1n) is 5.22. The lowest BCUT2D eigenvalue weighted by Gasteiger charge is -2.12. The molecule has 0 spiro atoms. The third-order valence-electron chi connectivity index (χ3n) is 2.43. The smallest absolute Gasteiger partial charge is 0.274 e. The van der Waals surface area contributed by atoms with Gasteiger partial charge in [0.1, 0.15) is 5.82 Å². The SMILES string of the molecule is CC(NC(=O)c1cn(C)nn1)c1nccn1C. The van der Waals surface area contributed by atoms with Crippen molar-refractivity contribution in [1.82, 2.24) is 29.9 Å². The van der Waals surface area contributed by atoms with Crippen LogP contribution in [-0.2, 0) is 14.1 Å². The van der Waals surface area contributed by atoms with Gasteiger partial charge in [-0.1, -0.05) is 5.21 Å². The molecule has 7 nitrogen and oxygen atoms in total. The fourth-order valence-electron chi connectivity index (χ4n) is 1.58. The average Bonchev–Trinajstić information content (AvgIpc) is 2.86. The number of hydrogen-bond acceptors (Lipinski definition) is 4. The van der Waals surface area contributed by atoms with Crippen molar-refractivity contribution in [3.05, 3.63) is 30.1 Å². The maximum atomic E-state index is 11.8. The zero-order chi connectivity index (χ0) is 12.4. The number of nitrogens with zero attached hydrogens (tertiary/aromatic N) is 5. The van der Waals surface area contributed by atoms with Crippen LogP contribution in [-0.4, -0.2) is 30.5 Å². The van der Waals surface area contributed by atoms with E-state index in [1.807, 2.05) is 24.7 Å². The molecule has 1 atom stereocenters. The van der Waals surface area contributed by atoms with Crippen LogP contribution in [0.1, 0.15) is 29.3 Å². The Labute approximate surface area is 98.5 Å². The summed E-state index contributed by atoms with van der Waals surface area (Å²) in [6.07, 6.45) is 5.10. The van der Waals surface area contributed by atoms with Crippen LogP contribution in [0.2, 0.25) is 0 Å². The van der Waals surface area contributed by atoms with E-state index in [0.717, 1.165) is 5.82 Å². The zero-order valence-electron chi connectivity index (χ0n) is 9.95. The first-order chi connectivity index (χ1) is 8.08. The molecule has 0 saturated carbocycles. The Morgan fingerprint density at radius 2 is 2.24 bits per heavy atom. The second-order valence-electron chi connectivity index (χ2n) is 3.87. The summed E-state index contributed by atoms with van der Waals surface area (Å²) in [5, 5.41) is 10.3. The number of carbonyl (C=O) groups is 1. The van der Waals surface area contributed by atoms with Gasteiger partial charge in [-0.2, -0.15) is 0 Å². The second kappa shape index (κ2) is 4.36. The number of carbonyl (C=O) groups excluding carboxylic acids is 1. The Bertz CT molecular complexity index is 528. The van der Waals surface area contributed by atoms with Gasteiger partial charge >= 0.3 is 0 Å². The van der Waals surface area contributed by atoms with Gasteiger partial charge in [-0.3, -0.25) is 9.48 Å². The van der Waals surface area contributed by atoms with E-state index >= 15 is 0 Å². The van der Waals surface area contributed by atoms with Crippen molar-refractivity contribution in [2.75, 3.05) is 0 Å². The highest BCUT2D eigenvalue weighted by molar-refractivity contribution is 5.92. The maximum absolute atomic E-state index is 11.8. The Balaban J connectivity index is 2.07. The molecular formula is C10H14N6O. The van der Waals surface area contributed by atoms with E-state index in [-0.39, 0.29) is 11.9 Å². The summed E-state index contributed by atoms with van der Waals surface area (Å²) in [4.78, 5) is 16.0. The predicted octanol–water partition coefficient (Wildman–Crippen LogP) is 0.0396. The van der Waals surface area contributed by atoms with E-state index in [0.29, 0.717) is 5.69 Å². The van der Waals surface area contributed by atoms with Crippen LogP contribution in [0.15, 0.2) is 18.6 Å². The van der Waals surface area contributed by atoms with Gasteiger partial charge < -0.3 is 9.88 Å². The van der Waals surface area contributed by atoms with Gasteiger partial charge in [-0.05, 0) is 6.92 Å². The number of amides is 1. The lowest BCUT2D eigenvalue weighted by molar-refractivity contribution is 0.0932. The molecule has 0 radical (unpaired) electrons. The number of aryl methyl sites for hydroxylation is 2. The van der Waals surface area contributed by atoms with Gasteiger partial charge in [0.05, 0.1) is 12.2 Å². The number of nitrogens with one attached hydrogen (secondary N) is 1. The van der Waals surface area contributed by atoms with E-state index in [4.69, 9.17) is 0 Å². The van der Waals surface area contributed by atoms with Gasteiger partial charge in [-0.25, -0.2) is 4.98 Å². The highest BCUT2D eigenvalue weighted by Gasteiger charge is 2.16. The van der Waals surface area contributed by atoms with Crippen molar-refractivity contribution < 1.29 is 4.79 Å². The van der Waals surface area contributed by atoms with Crippen LogP contribution in [0, 0.1) is 0 Å². The van der Waals surface area contributed by atoms with Gasteiger partial charge in [0.2, 0.25) is 0 Å². The number of imidazole rings is 1. The molecule has 7 heteroatoms. The van der Waals surface area contributed by atoms with E-state index in [1.54, 1.807) is 19.4 Å². The molecular weight excluding hydrogens is 220 g/mol. The third-order valence-corrected chi connectivity index (χ3v) is 2.43. The maximum Gasteiger partial charge on any atom is 0.274 e. The van der Waals surface area contributed by atoms with Crippen LogP contribution in [0.3, 0.4) is 0 Å². The van der Waals surface area contributed by atoms with Crippen molar-refractivity contribution in [2.45, 2.75) is 13.0 Å². The summed E-state index contributed by atoms with van der Waals surface area (Å²) in [5.41, 5.74) is 0.300. The quantitative estimate of drug-likeness (QED) is 0.813. The Kier molecular flexibility index (Phi) is 2.90. The van der Waals surface area contributed by atoms with Crippen LogP contribution < -0.4 is 5.32 Å². The Morgan fingerprint density at radius 3 is 2.76 bits per heavy atom. The highest BCUT2D eigenvalue weighted by atomic mass is 16.2. The highest BCUT2D eigenvalue weighted by Crippen LogP contribution is 2.09. The number of rotatable bonds is 3. The van der Waals surface area contributed by atoms with Crippen molar-refractivity contribution in [2.24, 2.45) is 14.1 Å². The van der Waals surface area contributed by atoms with Crippen LogP contribution in [0.4, 0.5) is 0 Å². The molecule has 0 aliphatic rings. The number of aromatic nitrogens is 5. The third kappa shape index (κ3) is 2.32. The van der Waals surface area contributed by atoms with E-state index in [9.17, 15) is 4.79 Å². The largest absolute Gasteiger partial charge is 0.341 e. The summed E-state index contributed by atoms with van der Waals surface area (Å²) < 4.78 is 3.35. The Morgan fingerprint density at radius 1 is 1.47 bits per heavy atom. The monoisotopic (exact) mass is 234 g/mol. The second-order valence-corrected chi connectivity index (χ2v) is 3.87. The van der Waals surface area contributed by atoms with Crippen molar-refractivity contribution in [3.63, 3.8) is 0 Å². The van der Waals surface area contributed by atoms with Crippen molar-refractivity contribution in [3.8, 4) is 0 Å². The zero-order valence-corrected chi connectivity index (χ0v) is 9.95. The van der Waals surface area contributed by atoms with Crippen molar-refractivity contribution >= 4 is 5.91 Å². The molecule has 17 heavy (non-hydrogen) atoms. The minimum Gasteiger partial charge on any atom is -0.341 e. The summed E-state index contributed by atoms with van der Waals surface area (Å²) in [6, 6.07) is -0.176. The van der Waals surface area contributed by atoms with Gasteiger partial charge in [0.25, 0.3) is 5.91 Å². The molecule has 0 aliphatic heterocycles. The molecule has 90 valence electrons. The predicted molar refractivity (Wildman–Crippen MR) is 60.1 cm³/mol. The first-order valence-corrected chi connectivity index (χ1v) is 5.22. The van der Waals surface area contributed by atoms with Gasteiger partial charge in [0.15, 0.2) is 5.69 Å². The molecule has 0 saturated heterocycles. The molecule has 1 amide bonds. The fraction of sp³-hybridized carbons (Fsp3) is 0.400. The average molecular weight is 234 g/mol. The van der Waals surface area contributed by atoms with E-state index in [2.05, 4.69) is 20.6 Å². The van der Waals surface area contributed by atoms with Crippen LogP contribution in [0.5, 0.6) is 0 Å². The molecule has 1 unspecified atom stereocenters. The summed E-state index contributed by atoms with van der Waals surface area (Å²) in [7, 11) is 3.60. The van der Waals surface area contributed by atoms with E-state index in [1.165, 1.54) is 4.68 Å². The summed E-state index contributed by atoms with van der Waals surface area (Å²) in [5.74, 6) is 0.538. The lowest BCUT2D eigenvalue weighted by atomic mass is 10.3. The first kappa shape index (κ1) is 11.3. The Hall–Kier alpha value is -2.18. The van der Waals surface area contributed by atoms with E-state index < -0.39 is 0 Å². The van der Waals surface area contributed by atoms with Gasteiger partial charge in [0, 0.05) is 26.5 Å². The molecule has 0 bridgehead atoms. The minimum atomic E-state index is -0.256. The van der Waals surface area contributed by atoms with Crippen LogP contribution in [0.25, 0.3) is 0 Å². The molecule has 0 aliphatic carbocycles. The molecule has 2 aromatic rings. The molecule has 2 aromatic heterocycles. The normalized spacial score (nSPS) is 12.4. The summed E-state index contributed by atoms with van der Waals surface area (Å²) in [6.45, 7) is 1.87. The van der Waals surface area contributed by atoms with Crippen molar-refractivity contribution in [1.29, 1.82) is 0 Å². The fourth-order valence-corrected chi connectivity index (χ4v) is 1.58.